The average Bonchev–Trinajstić information content (AvgIpc) is 3.29. The van der Waals surface area contributed by atoms with Gasteiger partial charge in [-0.15, -0.1) is 6.58 Å². The summed E-state index contributed by atoms with van der Waals surface area (Å²) in [6.07, 6.45) is 3.43. The summed E-state index contributed by atoms with van der Waals surface area (Å²) >= 11 is 0. The van der Waals surface area contributed by atoms with Crippen LogP contribution in [0.2, 0.25) is 0 Å². The van der Waals surface area contributed by atoms with E-state index in [0.717, 1.165) is 35.5 Å². The third-order valence-corrected chi connectivity index (χ3v) is 6.53. The van der Waals surface area contributed by atoms with Crippen LogP contribution >= 0.6 is 0 Å². The van der Waals surface area contributed by atoms with Gasteiger partial charge >= 0.3 is 0 Å². The van der Waals surface area contributed by atoms with Gasteiger partial charge in [-0.1, -0.05) is 24.3 Å². The Kier molecular flexibility index (Phi) is 2.84. The third-order valence-electron chi connectivity index (χ3n) is 6.53. The first-order chi connectivity index (χ1) is 12.1. The second kappa shape index (κ2) is 4.79. The van der Waals surface area contributed by atoms with Crippen molar-refractivity contribution in [3.63, 3.8) is 0 Å². The lowest BCUT2D eigenvalue weighted by molar-refractivity contribution is -0.948. The Bertz CT molecular complexity index is 835. The highest BCUT2D eigenvalue weighted by Crippen LogP contribution is 2.51. The fourth-order valence-corrected chi connectivity index (χ4v) is 5.79. The third kappa shape index (κ3) is 1.52. The van der Waals surface area contributed by atoms with Gasteiger partial charge in [0.2, 0.25) is 17.4 Å². The molecular weight excluding hydrogens is 318 g/mol. The number of rotatable bonds is 2. The van der Waals surface area contributed by atoms with Gasteiger partial charge in [-0.3, -0.25) is 19.3 Å². The number of nitrogens with one attached hydrogen (secondary N) is 2. The molecule has 4 aliphatic heterocycles. The topological polar surface area (TPSA) is 70.9 Å². The molecule has 4 aliphatic rings. The molecule has 5 atom stereocenters. The van der Waals surface area contributed by atoms with Crippen LogP contribution in [0.5, 0.6) is 0 Å². The summed E-state index contributed by atoms with van der Waals surface area (Å²) in [4.78, 5) is 41.8. The molecule has 2 N–H and O–H groups in total. The maximum atomic E-state index is 13.2. The zero-order chi connectivity index (χ0) is 17.3. The fourth-order valence-electron chi connectivity index (χ4n) is 5.79. The van der Waals surface area contributed by atoms with Crippen LogP contribution in [-0.4, -0.2) is 41.8 Å². The van der Waals surface area contributed by atoms with Crippen LogP contribution in [-0.2, 0) is 19.9 Å². The first-order valence-corrected chi connectivity index (χ1v) is 8.85. The van der Waals surface area contributed by atoms with Gasteiger partial charge in [0.1, 0.15) is 17.9 Å². The van der Waals surface area contributed by atoms with Crippen LogP contribution in [0, 0.1) is 11.8 Å². The van der Waals surface area contributed by atoms with E-state index in [-0.39, 0.29) is 30.3 Å². The van der Waals surface area contributed by atoms with E-state index in [1.165, 1.54) is 4.90 Å². The molecule has 1 unspecified atom stereocenters. The number of amides is 3. The normalized spacial score (nSPS) is 38.1. The van der Waals surface area contributed by atoms with E-state index in [1.54, 1.807) is 6.08 Å². The Hall–Kier alpha value is -2.47. The Morgan fingerprint density at radius 3 is 2.88 bits per heavy atom. The number of imide groups is 1. The lowest BCUT2D eigenvalue weighted by Gasteiger charge is -2.33. The summed E-state index contributed by atoms with van der Waals surface area (Å²) in [5.41, 5.74) is 0.676. The number of hydrogen-bond donors (Lipinski definition) is 2. The summed E-state index contributed by atoms with van der Waals surface area (Å²) in [6, 6.07) is 7.64. The number of likely N-dealkylation sites (tertiary alicyclic amines) is 1. The summed E-state index contributed by atoms with van der Waals surface area (Å²) < 4.78 is 0. The van der Waals surface area contributed by atoms with Crippen molar-refractivity contribution < 1.29 is 19.3 Å². The lowest BCUT2D eigenvalue weighted by Crippen LogP contribution is -3.19. The molecule has 5 rings (SSSR count). The molecule has 0 aromatic heterocycles. The van der Waals surface area contributed by atoms with Gasteiger partial charge in [0.25, 0.3) is 5.91 Å². The van der Waals surface area contributed by atoms with Crippen molar-refractivity contribution in [3.8, 4) is 0 Å². The minimum Gasteiger partial charge on any atom is -0.320 e. The maximum absolute atomic E-state index is 13.2. The minimum absolute atomic E-state index is 0.0353. The number of carbonyl (C=O) groups excluding carboxylic acids is 3. The number of fused-ring (bicyclic) bond motifs is 7. The van der Waals surface area contributed by atoms with Crippen molar-refractivity contribution in [2.24, 2.45) is 11.8 Å². The van der Waals surface area contributed by atoms with E-state index in [1.807, 2.05) is 24.3 Å². The Morgan fingerprint density at radius 2 is 2.08 bits per heavy atom. The standard InChI is InChI=1S/C19H19N3O3/c1-2-9-21-16(23)14-13-8-5-10-22(13)19(15(14)17(21)24)11-6-3-4-7-12(11)20-18(19)25/h2-4,6-7,13-15H,1,5,8-10H2,(H,20,25)/p+1/t13-,14-,15+,19+/m0/s1. The predicted octanol–water partition coefficient (Wildman–Crippen LogP) is -0.318. The van der Waals surface area contributed by atoms with Gasteiger partial charge in [-0.2, -0.15) is 0 Å². The zero-order valence-corrected chi connectivity index (χ0v) is 13.8. The quantitative estimate of drug-likeness (QED) is 0.574. The molecule has 1 aromatic carbocycles. The Labute approximate surface area is 145 Å². The molecule has 3 amide bonds. The second-order valence-electron chi connectivity index (χ2n) is 7.41. The van der Waals surface area contributed by atoms with Gasteiger partial charge in [-0.05, 0) is 6.07 Å². The average molecular weight is 338 g/mol. The first-order valence-electron chi connectivity index (χ1n) is 8.85. The summed E-state index contributed by atoms with van der Waals surface area (Å²) in [5, 5.41) is 2.98. The molecule has 0 bridgehead atoms. The van der Waals surface area contributed by atoms with Crippen LogP contribution in [0.25, 0.3) is 0 Å². The van der Waals surface area contributed by atoms with Crippen molar-refractivity contribution in [2.45, 2.75) is 24.4 Å². The van der Waals surface area contributed by atoms with Crippen LogP contribution < -0.4 is 10.2 Å². The Balaban J connectivity index is 1.75. The zero-order valence-electron chi connectivity index (χ0n) is 13.8. The van der Waals surface area contributed by atoms with Gasteiger partial charge < -0.3 is 10.2 Å². The summed E-state index contributed by atoms with van der Waals surface area (Å²) in [5.74, 6) is -1.49. The maximum Gasteiger partial charge on any atom is 0.291 e. The molecule has 25 heavy (non-hydrogen) atoms. The molecule has 1 spiro atoms. The van der Waals surface area contributed by atoms with Crippen LogP contribution in [0.3, 0.4) is 0 Å². The van der Waals surface area contributed by atoms with Crippen LogP contribution in [0.4, 0.5) is 5.69 Å². The molecule has 6 heteroatoms. The first kappa shape index (κ1) is 14.8. The highest BCUT2D eigenvalue weighted by Gasteiger charge is 2.78. The van der Waals surface area contributed by atoms with Crippen molar-refractivity contribution in [1.29, 1.82) is 0 Å². The predicted molar refractivity (Wildman–Crippen MR) is 89.5 cm³/mol. The van der Waals surface area contributed by atoms with E-state index in [0.29, 0.717) is 0 Å². The molecule has 128 valence electrons. The lowest BCUT2D eigenvalue weighted by atomic mass is 9.75. The van der Waals surface area contributed by atoms with E-state index >= 15 is 0 Å². The summed E-state index contributed by atoms with van der Waals surface area (Å²) in [7, 11) is 0. The number of nitrogens with zero attached hydrogens (tertiary/aromatic N) is 1. The van der Waals surface area contributed by atoms with E-state index < -0.39 is 17.4 Å². The molecule has 6 nitrogen and oxygen atoms in total. The smallest absolute Gasteiger partial charge is 0.291 e. The minimum atomic E-state index is -0.967. The summed E-state index contributed by atoms with van der Waals surface area (Å²) in [6.45, 7) is 4.70. The molecule has 0 saturated carbocycles. The highest BCUT2D eigenvalue weighted by molar-refractivity contribution is 6.14. The van der Waals surface area contributed by atoms with E-state index in [4.69, 9.17) is 0 Å². The number of hydrogen-bond acceptors (Lipinski definition) is 3. The van der Waals surface area contributed by atoms with Gasteiger partial charge in [0, 0.05) is 24.9 Å². The second-order valence-corrected chi connectivity index (χ2v) is 7.41. The molecule has 3 saturated heterocycles. The Morgan fingerprint density at radius 1 is 1.28 bits per heavy atom. The SMILES string of the molecule is C=CCN1C(=O)[C@H]2[C@@H]3CCC[NH+]3[C@@]3(C(=O)Nc4ccccc43)[C@H]2C1=O. The number of quaternary nitrogens is 1. The fraction of sp³-hybridized carbons (Fsp3) is 0.421. The number of carbonyl (C=O) groups is 3. The molecule has 3 fully saturated rings. The number of benzene rings is 1. The van der Waals surface area contributed by atoms with Crippen molar-refractivity contribution >= 4 is 23.4 Å². The number of para-hydroxylation sites is 1. The van der Waals surface area contributed by atoms with Crippen LogP contribution in [0.1, 0.15) is 18.4 Å². The molecule has 4 heterocycles. The number of anilines is 1. The van der Waals surface area contributed by atoms with Gasteiger partial charge in [-0.25, -0.2) is 0 Å². The van der Waals surface area contributed by atoms with Crippen molar-refractivity contribution in [3.05, 3.63) is 42.5 Å². The molecule has 1 aromatic rings. The molecular formula is C19H20N3O3+. The van der Waals surface area contributed by atoms with E-state index in [2.05, 4.69) is 11.9 Å². The molecule has 0 aliphatic carbocycles. The van der Waals surface area contributed by atoms with E-state index in [9.17, 15) is 14.4 Å². The molecule has 0 radical (unpaired) electrons. The highest BCUT2D eigenvalue weighted by atomic mass is 16.2. The van der Waals surface area contributed by atoms with Crippen molar-refractivity contribution in [2.75, 3.05) is 18.4 Å². The monoisotopic (exact) mass is 338 g/mol. The van der Waals surface area contributed by atoms with Crippen LogP contribution in [0.15, 0.2) is 36.9 Å². The van der Waals surface area contributed by atoms with Crippen molar-refractivity contribution in [1.82, 2.24) is 4.90 Å². The van der Waals surface area contributed by atoms with Gasteiger partial charge in [0.15, 0.2) is 0 Å². The van der Waals surface area contributed by atoms with Gasteiger partial charge in [0.05, 0.1) is 12.2 Å². The largest absolute Gasteiger partial charge is 0.320 e.